The monoisotopic (exact) mass is 212 g/mol. The lowest BCUT2D eigenvalue weighted by atomic mass is 10.5. The Morgan fingerprint density at radius 3 is 3.21 bits per heavy atom. The minimum absolute atomic E-state index is 0.255. The molecule has 0 amide bonds. The first-order valence-electron chi connectivity index (χ1n) is 3.99. The van der Waals surface area contributed by atoms with Crippen LogP contribution in [0.1, 0.15) is 17.4 Å². The van der Waals surface area contributed by atoms with Gasteiger partial charge in [0.15, 0.2) is 5.69 Å². The molecule has 0 aromatic carbocycles. The average molecular weight is 212 g/mol. The third-order valence-electron chi connectivity index (χ3n) is 1.54. The Labute approximate surface area is 83.3 Å². The highest BCUT2D eigenvalue weighted by Crippen LogP contribution is 2.16. The van der Waals surface area contributed by atoms with E-state index in [9.17, 15) is 4.79 Å². The van der Waals surface area contributed by atoms with E-state index in [4.69, 9.17) is 10.5 Å². The third-order valence-corrected chi connectivity index (χ3v) is 2.30. The van der Waals surface area contributed by atoms with E-state index in [0.717, 1.165) is 0 Å². The van der Waals surface area contributed by atoms with Crippen LogP contribution in [0.15, 0.2) is 6.20 Å². The highest BCUT2D eigenvalue weighted by Gasteiger charge is 2.13. The predicted octanol–water partition coefficient (Wildman–Crippen LogP) is 0.550. The molecule has 2 aromatic rings. The number of imidazole rings is 1. The molecule has 2 N–H and O–H groups in total. The lowest BCUT2D eigenvalue weighted by Crippen LogP contribution is -2.04. The summed E-state index contributed by atoms with van der Waals surface area (Å²) in [7, 11) is 0. The van der Waals surface area contributed by atoms with Crippen LogP contribution in [-0.4, -0.2) is 27.2 Å². The number of ether oxygens (including phenoxy) is 1. The van der Waals surface area contributed by atoms with Crippen LogP contribution in [-0.2, 0) is 4.74 Å². The van der Waals surface area contributed by atoms with Crippen LogP contribution < -0.4 is 5.73 Å². The second-order valence-corrected chi connectivity index (χ2v) is 3.50. The lowest BCUT2D eigenvalue weighted by molar-refractivity contribution is 0.0520. The summed E-state index contributed by atoms with van der Waals surface area (Å²) in [6.45, 7) is 2.08. The molecule has 0 spiro atoms. The van der Waals surface area contributed by atoms with Gasteiger partial charge in [-0.25, -0.2) is 14.3 Å². The zero-order chi connectivity index (χ0) is 10.1. The van der Waals surface area contributed by atoms with E-state index in [0.29, 0.717) is 16.7 Å². The minimum Gasteiger partial charge on any atom is -0.461 e. The molecule has 0 saturated heterocycles. The number of hydrogen-bond acceptors (Lipinski definition) is 6. The number of hydrogen-bond donors (Lipinski definition) is 1. The van der Waals surface area contributed by atoms with E-state index in [1.54, 1.807) is 6.92 Å². The summed E-state index contributed by atoms with van der Waals surface area (Å²) in [6, 6.07) is 0. The van der Waals surface area contributed by atoms with Crippen molar-refractivity contribution in [2.24, 2.45) is 0 Å². The van der Waals surface area contributed by atoms with Crippen molar-refractivity contribution in [3.05, 3.63) is 11.9 Å². The van der Waals surface area contributed by atoms with Crippen molar-refractivity contribution in [3.8, 4) is 0 Å². The Bertz CT molecular complexity index is 443. The maximum Gasteiger partial charge on any atom is 0.358 e. The zero-order valence-corrected chi connectivity index (χ0v) is 8.24. The molecule has 2 rings (SSSR count). The van der Waals surface area contributed by atoms with Gasteiger partial charge in [-0.15, -0.1) is 5.10 Å². The molecule has 0 aliphatic carbocycles. The molecule has 0 aliphatic rings. The van der Waals surface area contributed by atoms with Crippen molar-refractivity contribution in [1.82, 2.24) is 14.6 Å². The Kier molecular flexibility index (Phi) is 2.08. The summed E-state index contributed by atoms with van der Waals surface area (Å²) < 4.78 is 6.25. The Hall–Kier alpha value is -1.63. The van der Waals surface area contributed by atoms with E-state index < -0.39 is 5.97 Å². The second kappa shape index (κ2) is 3.26. The highest BCUT2D eigenvalue weighted by molar-refractivity contribution is 7.20. The number of nitrogen functional groups attached to an aromatic ring is 1. The number of esters is 1. The molecule has 14 heavy (non-hydrogen) atoms. The number of rotatable bonds is 2. The van der Waals surface area contributed by atoms with Crippen molar-refractivity contribution in [1.29, 1.82) is 0 Å². The van der Waals surface area contributed by atoms with Crippen molar-refractivity contribution in [2.45, 2.75) is 6.92 Å². The first kappa shape index (κ1) is 8.95. The average Bonchev–Trinajstić information content (AvgIpc) is 2.61. The first-order valence-corrected chi connectivity index (χ1v) is 4.81. The highest BCUT2D eigenvalue weighted by atomic mass is 32.1. The molecule has 0 aliphatic heterocycles. The van der Waals surface area contributed by atoms with Crippen LogP contribution in [0, 0.1) is 0 Å². The normalized spacial score (nSPS) is 10.6. The van der Waals surface area contributed by atoms with Gasteiger partial charge in [0.1, 0.15) is 0 Å². The standard InChI is InChI=1S/C7H8N4O2S/c1-2-13-5(12)4-3-11-7(9-4)14-6(8)10-11/h3H,2H2,1H3,(H2,8,10). The van der Waals surface area contributed by atoms with Crippen LogP contribution in [0.4, 0.5) is 5.13 Å². The van der Waals surface area contributed by atoms with E-state index >= 15 is 0 Å². The Balaban J connectivity index is 2.36. The zero-order valence-electron chi connectivity index (χ0n) is 7.43. The number of nitrogens with zero attached hydrogens (tertiary/aromatic N) is 3. The number of fused-ring (bicyclic) bond motifs is 1. The summed E-state index contributed by atoms with van der Waals surface area (Å²) in [6.07, 6.45) is 1.50. The number of anilines is 1. The molecule has 6 nitrogen and oxygen atoms in total. The fourth-order valence-electron chi connectivity index (χ4n) is 1.02. The smallest absolute Gasteiger partial charge is 0.358 e. The van der Waals surface area contributed by atoms with Crippen molar-refractivity contribution < 1.29 is 9.53 Å². The summed E-state index contributed by atoms with van der Waals surface area (Å²) in [5.41, 5.74) is 5.71. The molecule has 7 heteroatoms. The Morgan fingerprint density at radius 1 is 1.79 bits per heavy atom. The molecule has 0 bridgehead atoms. The molecule has 0 saturated carbocycles. The van der Waals surface area contributed by atoms with Gasteiger partial charge >= 0.3 is 5.97 Å². The van der Waals surface area contributed by atoms with Gasteiger partial charge < -0.3 is 10.5 Å². The maximum atomic E-state index is 11.2. The van der Waals surface area contributed by atoms with Gasteiger partial charge in [0, 0.05) is 0 Å². The molecule has 0 fully saturated rings. The van der Waals surface area contributed by atoms with Gasteiger partial charge in [-0.3, -0.25) is 0 Å². The van der Waals surface area contributed by atoms with Crippen molar-refractivity contribution >= 4 is 27.4 Å². The van der Waals surface area contributed by atoms with Crippen LogP contribution in [0.25, 0.3) is 4.96 Å². The summed E-state index contributed by atoms with van der Waals surface area (Å²) in [4.78, 5) is 15.8. The minimum atomic E-state index is -0.441. The van der Waals surface area contributed by atoms with Crippen molar-refractivity contribution in [2.75, 3.05) is 12.3 Å². The largest absolute Gasteiger partial charge is 0.461 e. The first-order chi connectivity index (χ1) is 6.70. The fraction of sp³-hybridized carbons (Fsp3) is 0.286. The van der Waals surface area contributed by atoms with E-state index in [-0.39, 0.29) is 5.69 Å². The number of carbonyl (C=O) groups is 1. The number of carbonyl (C=O) groups excluding carboxylic acids is 1. The number of aromatic nitrogens is 3. The van der Waals surface area contributed by atoms with E-state index in [1.165, 1.54) is 22.0 Å². The van der Waals surface area contributed by atoms with E-state index in [1.807, 2.05) is 0 Å². The molecular weight excluding hydrogens is 204 g/mol. The molecule has 0 unspecified atom stereocenters. The molecule has 2 heterocycles. The number of nitrogens with two attached hydrogens (primary N) is 1. The summed E-state index contributed by atoms with van der Waals surface area (Å²) in [5.74, 6) is -0.441. The molecule has 0 radical (unpaired) electrons. The van der Waals surface area contributed by atoms with Gasteiger partial charge in [0.05, 0.1) is 12.8 Å². The Morgan fingerprint density at radius 2 is 2.57 bits per heavy atom. The maximum absolute atomic E-state index is 11.2. The van der Waals surface area contributed by atoms with Gasteiger partial charge in [-0.1, -0.05) is 11.3 Å². The van der Waals surface area contributed by atoms with Crippen LogP contribution in [0.2, 0.25) is 0 Å². The van der Waals surface area contributed by atoms with E-state index in [2.05, 4.69) is 10.1 Å². The van der Waals surface area contributed by atoms with Gasteiger partial charge in [-0.05, 0) is 6.92 Å². The van der Waals surface area contributed by atoms with Crippen LogP contribution in [0.3, 0.4) is 0 Å². The van der Waals surface area contributed by atoms with Crippen LogP contribution in [0.5, 0.6) is 0 Å². The van der Waals surface area contributed by atoms with Gasteiger partial charge in [0.2, 0.25) is 10.1 Å². The second-order valence-electron chi connectivity index (χ2n) is 2.51. The molecular formula is C7H8N4O2S. The van der Waals surface area contributed by atoms with Crippen molar-refractivity contribution in [3.63, 3.8) is 0 Å². The topological polar surface area (TPSA) is 82.5 Å². The molecule has 74 valence electrons. The molecule has 0 atom stereocenters. The SMILES string of the molecule is CCOC(=O)c1cn2nc(N)sc2n1. The lowest BCUT2D eigenvalue weighted by Gasteiger charge is -1.95. The molecule has 2 aromatic heterocycles. The predicted molar refractivity (Wildman–Crippen MR) is 51.2 cm³/mol. The quantitative estimate of drug-likeness (QED) is 0.735. The fourth-order valence-corrected chi connectivity index (χ4v) is 1.67. The summed E-state index contributed by atoms with van der Waals surface area (Å²) in [5, 5.41) is 4.34. The third kappa shape index (κ3) is 1.41. The van der Waals surface area contributed by atoms with Gasteiger partial charge in [-0.2, -0.15) is 0 Å². The van der Waals surface area contributed by atoms with Crippen LogP contribution >= 0.6 is 11.3 Å². The summed E-state index contributed by atoms with van der Waals surface area (Å²) >= 11 is 1.22. The van der Waals surface area contributed by atoms with Gasteiger partial charge in [0.25, 0.3) is 0 Å².